The topological polar surface area (TPSA) is 47.0 Å². The van der Waals surface area contributed by atoms with E-state index in [2.05, 4.69) is 15.3 Å². The van der Waals surface area contributed by atoms with Crippen molar-refractivity contribution < 1.29 is 9.13 Å². The maximum atomic E-state index is 13.0. The van der Waals surface area contributed by atoms with E-state index in [0.717, 1.165) is 12.1 Å². The molecule has 0 radical (unpaired) electrons. The molecule has 0 spiro atoms. The molecule has 1 aromatic carbocycles. The first-order valence-electron chi connectivity index (χ1n) is 5.70. The highest BCUT2D eigenvalue weighted by atomic mass is 19.1. The molecule has 1 heterocycles. The van der Waals surface area contributed by atoms with Crippen LogP contribution in [-0.4, -0.2) is 16.5 Å². The van der Waals surface area contributed by atoms with Crippen LogP contribution in [0.5, 0.6) is 11.6 Å². The number of nitrogens with zero attached hydrogens (tertiary/aromatic N) is 2. The highest BCUT2D eigenvalue weighted by Crippen LogP contribution is 2.23. The average molecular weight is 247 g/mol. The summed E-state index contributed by atoms with van der Waals surface area (Å²) in [6, 6.07) is 5.95. The van der Waals surface area contributed by atoms with E-state index in [9.17, 15) is 4.39 Å². The predicted molar refractivity (Wildman–Crippen MR) is 67.4 cm³/mol. The van der Waals surface area contributed by atoms with E-state index in [-0.39, 0.29) is 5.82 Å². The molecular formula is C13H14FN3O. The van der Waals surface area contributed by atoms with Gasteiger partial charge in [-0.15, -0.1) is 0 Å². The maximum absolute atomic E-state index is 13.0. The van der Waals surface area contributed by atoms with Crippen molar-refractivity contribution in [3.63, 3.8) is 0 Å². The molecule has 0 fully saturated rings. The molecule has 0 unspecified atom stereocenters. The van der Waals surface area contributed by atoms with Crippen molar-refractivity contribution in [3.05, 3.63) is 41.8 Å². The van der Waals surface area contributed by atoms with Gasteiger partial charge in [-0.25, -0.2) is 9.37 Å². The van der Waals surface area contributed by atoms with E-state index in [1.807, 2.05) is 13.8 Å². The zero-order valence-electron chi connectivity index (χ0n) is 10.3. The molecular weight excluding hydrogens is 233 g/mol. The second kappa shape index (κ2) is 5.44. The van der Waals surface area contributed by atoms with Crippen LogP contribution in [0.15, 0.2) is 30.5 Å². The summed E-state index contributed by atoms with van der Waals surface area (Å²) in [6.45, 7) is 4.52. The first-order valence-corrected chi connectivity index (χ1v) is 5.70. The normalized spacial score (nSPS) is 10.2. The van der Waals surface area contributed by atoms with E-state index in [4.69, 9.17) is 4.74 Å². The summed E-state index contributed by atoms with van der Waals surface area (Å²) >= 11 is 0. The SMILES string of the molecule is CCNc1ncc(C)c(Oc2cccc(F)c2)n1. The van der Waals surface area contributed by atoms with Gasteiger partial charge in [-0.2, -0.15) is 4.98 Å². The van der Waals surface area contributed by atoms with Crippen LogP contribution >= 0.6 is 0 Å². The minimum Gasteiger partial charge on any atom is -0.438 e. The largest absolute Gasteiger partial charge is 0.438 e. The number of ether oxygens (including phenoxy) is 1. The van der Waals surface area contributed by atoms with Gasteiger partial charge in [0.1, 0.15) is 11.6 Å². The summed E-state index contributed by atoms with van der Waals surface area (Å²) < 4.78 is 18.6. The number of nitrogens with one attached hydrogen (secondary N) is 1. The molecule has 0 saturated carbocycles. The smallest absolute Gasteiger partial charge is 0.226 e. The van der Waals surface area contributed by atoms with Crippen LogP contribution in [0.2, 0.25) is 0 Å². The highest BCUT2D eigenvalue weighted by Gasteiger charge is 2.06. The summed E-state index contributed by atoms with van der Waals surface area (Å²) in [6.07, 6.45) is 1.67. The van der Waals surface area contributed by atoms with Crippen LogP contribution < -0.4 is 10.1 Å². The fraction of sp³-hybridized carbons (Fsp3) is 0.231. The van der Waals surface area contributed by atoms with Gasteiger partial charge in [0.2, 0.25) is 11.8 Å². The van der Waals surface area contributed by atoms with E-state index in [1.54, 1.807) is 18.3 Å². The molecule has 1 N–H and O–H groups in total. The first kappa shape index (κ1) is 12.3. The number of aromatic nitrogens is 2. The van der Waals surface area contributed by atoms with Crippen molar-refractivity contribution >= 4 is 5.95 Å². The third-order valence-corrected chi connectivity index (χ3v) is 2.27. The lowest BCUT2D eigenvalue weighted by Crippen LogP contribution is -2.03. The number of hydrogen-bond acceptors (Lipinski definition) is 4. The van der Waals surface area contributed by atoms with Crippen LogP contribution in [0.25, 0.3) is 0 Å². The number of aryl methyl sites for hydroxylation is 1. The fourth-order valence-corrected chi connectivity index (χ4v) is 1.42. The predicted octanol–water partition coefficient (Wildman–Crippen LogP) is 3.15. The maximum Gasteiger partial charge on any atom is 0.226 e. The standard InChI is InChI=1S/C13H14FN3O/c1-3-15-13-16-8-9(2)12(17-13)18-11-6-4-5-10(14)7-11/h4-8H,3H2,1-2H3,(H,15,16,17). The molecule has 2 rings (SSSR count). The average Bonchev–Trinajstić information content (AvgIpc) is 2.34. The van der Waals surface area contributed by atoms with Crippen molar-refractivity contribution in [1.82, 2.24) is 9.97 Å². The third-order valence-electron chi connectivity index (χ3n) is 2.27. The minimum atomic E-state index is -0.342. The molecule has 0 amide bonds. The van der Waals surface area contributed by atoms with Gasteiger partial charge in [0, 0.05) is 24.4 Å². The Balaban J connectivity index is 2.25. The van der Waals surface area contributed by atoms with Gasteiger partial charge in [0.25, 0.3) is 0 Å². The Morgan fingerprint density at radius 2 is 2.22 bits per heavy atom. The van der Waals surface area contributed by atoms with Crippen LogP contribution in [0.1, 0.15) is 12.5 Å². The van der Waals surface area contributed by atoms with Gasteiger partial charge < -0.3 is 10.1 Å². The van der Waals surface area contributed by atoms with Crippen molar-refractivity contribution in [2.45, 2.75) is 13.8 Å². The molecule has 0 aliphatic heterocycles. The van der Waals surface area contributed by atoms with Crippen molar-refractivity contribution in [1.29, 1.82) is 0 Å². The van der Waals surface area contributed by atoms with Gasteiger partial charge in [0.15, 0.2) is 0 Å². The number of benzene rings is 1. The Labute approximate surface area is 105 Å². The lowest BCUT2D eigenvalue weighted by Gasteiger charge is -2.09. The zero-order chi connectivity index (χ0) is 13.0. The summed E-state index contributed by atoms with van der Waals surface area (Å²) in [5.74, 6) is 0.992. The van der Waals surface area contributed by atoms with Crippen LogP contribution in [0, 0.1) is 12.7 Å². The molecule has 0 saturated heterocycles. The van der Waals surface area contributed by atoms with E-state index in [0.29, 0.717) is 17.6 Å². The van der Waals surface area contributed by atoms with Gasteiger partial charge >= 0.3 is 0 Å². The molecule has 1 aromatic heterocycles. The Morgan fingerprint density at radius 3 is 2.94 bits per heavy atom. The van der Waals surface area contributed by atoms with Crippen LogP contribution in [-0.2, 0) is 0 Å². The quantitative estimate of drug-likeness (QED) is 0.901. The second-order valence-corrected chi connectivity index (χ2v) is 3.77. The summed E-state index contributed by atoms with van der Waals surface area (Å²) in [4.78, 5) is 8.33. The lowest BCUT2D eigenvalue weighted by atomic mass is 10.3. The van der Waals surface area contributed by atoms with Crippen molar-refractivity contribution in [2.75, 3.05) is 11.9 Å². The monoisotopic (exact) mass is 247 g/mol. The van der Waals surface area contributed by atoms with E-state index in [1.165, 1.54) is 12.1 Å². The molecule has 4 nitrogen and oxygen atoms in total. The van der Waals surface area contributed by atoms with Gasteiger partial charge in [-0.05, 0) is 26.0 Å². The summed E-state index contributed by atoms with van der Waals surface area (Å²) in [5, 5.41) is 3.00. The van der Waals surface area contributed by atoms with Gasteiger partial charge in [0.05, 0.1) is 0 Å². The molecule has 5 heteroatoms. The highest BCUT2D eigenvalue weighted by molar-refractivity contribution is 5.36. The first-order chi connectivity index (χ1) is 8.69. The molecule has 0 aliphatic carbocycles. The van der Waals surface area contributed by atoms with E-state index >= 15 is 0 Å². The third kappa shape index (κ3) is 2.94. The lowest BCUT2D eigenvalue weighted by molar-refractivity contribution is 0.453. The summed E-state index contributed by atoms with van der Waals surface area (Å²) in [5.41, 5.74) is 0.793. The van der Waals surface area contributed by atoms with Gasteiger partial charge in [-0.3, -0.25) is 0 Å². The molecule has 94 valence electrons. The summed E-state index contributed by atoms with van der Waals surface area (Å²) in [7, 11) is 0. The Morgan fingerprint density at radius 1 is 1.39 bits per heavy atom. The molecule has 0 atom stereocenters. The Bertz CT molecular complexity index is 546. The molecule has 0 aliphatic rings. The number of hydrogen-bond donors (Lipinski definition) is 1. The Hall–Kier alpha value is -2.17. The van der Waals surface area contributed by atoms with Gasteiger partial charge in [-0.1, -0.05) is 6.07 Å². The van der Waals surface area contributed by atoms with Crippen LogP contribution in [0.3, 0.4) is 0 Å². The molecule has 2 aromatic rings. The zero-order valence-corrected chi connectivity index (χ0v) is 10.3. The number of halogens is 1. The number of anilines is 1. The van der Waals surface area contributed by atoms with Crippen molar-refractivity contribution in [2.24, 2.45) is 0 Å². The molecule has 18 heavy (non-hydrogen) atoms. The minimum absolute atomic E-state index is 0.342. The Kier molecular flexibility index (Phi) is 3.72. The molecule has 0 bridgehead atoms. The van der Waals surface area contributed by atoms with Crippen molar-refractivity contribution in [3.8, 4) is 11.6 Å². The second-order valence-electron chi connectivity index (χ2n) is 3.77. The van der Waals surface area contributed by atoms with Crippen LogP contribution in [0.4, 0.5) is 10.3 Å². The fourth-order valence-electron chi connectivity index (χ4n) is 1.42. The van der Waals surface area contributed by atoms with E-state index < -0.39 is 0 Å². The number of rotatable bonds is 4.